The summed E-state index contributed by atoms with van der Waals surface area (Å²) in [7, 11) is -3.73. The predicted molar refractivity (Wildman–Crippen MR) is 78.7 cm³/mol. The number of imidazole rings is 1. The van der Waals surface area contributed by atoms with Crippen molar-refractivity contribution in [3.8, 4) is 0 Å². The van der Waals surface area contributed by atoms with Gasteiger partial charge in [0.1, 0.15) is 5.65 Å². The van der Waals surface area contributed by atoms with Gasteiger partial charge in [-0.2, -0.15) is 4.31 Å². The lowest BCUT2D eigenvalue weighted by Gasteiger charge is -2.17. The second-order valence-corrected chi connectivity index (χ2v) is 7.50. The van der Waals surface area contributed by atoms with E-state index in [-0.39, 0.29) is 16.1 Å². The molecule has 1 aliphatic heterocycles. The van der Waals surface area contributed by atoms with E-state index in [4.69, 9.17) is 11.6 Å². The van der Waals surface area contributed by atoms with Crippen molar-refractivity contribution in [1.82, 2.24) is 13.7 Å². The first-order chi connectivity index (χ1) is 9.91. The summed E-state index contributed by atoms with van der Waals surface area (Å²) in [4.78, 5) is 4.08. The average Bonchev–Trinajstić information content (AvgIpc) is 3.02. The van der Waals surface area contributed by atoms with Crippen LogP contribution in [0.1, 0.15) is 13.3 Å². The predicted octanol–water partition coefficient (Wildman–Crippen LogP) is 1.38. The van der Waals surface area contributed by atoms with Crippen LogP contribution in [0.4, 0.5) is 0 Å². The van der Waals surface area contributed by atoms with Crippen LogP contribution in [0.25, 0.3) is 5.65 Å². The van der Waals surface area contributed by atoms with Gasteiger partial charge >= 0.3 is 0 Å². The van der Waals surface area contributed by atoms with E-state index in [0.29, 0.717) is 25.2 Å². The maximum Gasteiger partial charge on any atom is 0.262 e. The number of nitrogens with zero attached hydrogens (tertiary/aromatic N) is 3. The van der Waals surface area contributed by atoms with Crippen LogP contribution >= 0.6 is 11.6 Å². The lowest BCUT2D eigenvalue weighted by molar-refractivity contribution is 0.133. The first-order valence-electron chi connectivity index (χ1n) is 6.72. The quantitative estimate of drug-likeness (QED) is 0.923. The molecule has 21 heavy (non-hydrogen) atoms. The summed E-state index contributed by atoms with van der Waals surface area (Å²) in [5, 5.41) is 9.59. The zero-order valence-corrected chi connectivity index (χ0v) is 13.0. The minimum Gasteiger partial charge on any atom is -0.393 e. The fraction of sp³-hybridized carbons (Fsp3) is 0.462. The van der Waals surface area contributed by atoms with Gasteiger partial charge < -0.3 is 5.11 Å². The molecule has 0 spiro atoms. The molecule has 2 unspecified atom stereocenters. The zero-order chi connectivity index (χ0) is 15.2. The Bertz CT molecular complexity index is 772. The molecule has 0 aromatic carbocycles. The Labute approximate surface area is 128 Å². The highest BCUT2D eigenvalue weighted by Gasteiger charge is 2.37. The highest BCUT2D eigenvalue weighted by atomic mass is 35.5. The number of pyridine rings is 1. The fourth-order valence-corrected chi connectivity index (χ4v) is 4.77. The Morgan fingerprint density at radius 3 is 2.90 bits per heavy atom. The van der Waals surface area contributed by atoms with Gasteiger partial charge in [-0.1, -0.05) is 17.7 Å². The molecule has 0 aliphatic carbocycles. The number of sulfonamides is 1. The van der Waals surface area contributed by atoms with E-state index < -0.39 is 16.1 Å². The number of aliphatic hydroxyl groups excluding tert-OH is 1. The van der Waals surface area contributed by atoms with Gasteiger partial charge in [0.15, 0.2) is 10.2 Å². The maximum atomic E-state index is 12.8. The van der Waals surface area contributed by atoms with Crippen molar-refractivity contribution >= 4 is 27.3 Å². The molecule has 1 fully saturated rings. The van der Waals surface area contributed by atoms with Crippen LogP contribution in [-0.4, -0.2) is 46.4 Å². The molecule has 114 valence electrons. The second kappa shape index (κ2) is 5.24. The Morgan fingerprint density at radius 2 is 2.24 bits per heavy atom. The van der Waals surface area contributed by atoms with E-state index in [2.05, 4.69) is 4.98 Å². The van der Waals surface area contributed by atoms with E-state index in [1.165, 1.54) is 8.71 Å². The molecule has 3 rings (SSSR count). The molecule has 6 nitrogen and oxygen atoms in total. The van der Waals surface area contributed by atoms with E-state index in [0.717, 1.165) is 0 Å². The maximum absolute atomic E-state index is 12.8. The molecule has 0 amide bonds. The van der Waals surface area contributed by atoms with Crippen molar-refractivity contribution in [2.75, 3.05) is 13.1 Å². The van der Waals surface area contributed by atoms with Gasteiger partial charge in [-0.05, 0) is 31.4 Å². The highest BCUT2D eigenvalue weighted by Crippen LogP contribution is 2.30. The molecule has 1 aliphatic rings. The molecule has 0 bridgehead atoms. The molecule has 2 aromatic heterocycles. The van der Waals surface area contributed by atoms with Crippen molar-refractivity contribution in [3.63, 3.8) is 0 Å². The summed E-state index contributed by atoms with van der Waals surface area (Å²) in [6.07, 6.45) is 1.75. The highest BCUT2D eigenvalue weighted by molar-refractivity contribution is 7.89. The molecule has 8 heteroatoms. The number of rotatable bonds is 3. The molecular weight excluding hydrogens is 314 g/mol. The largest absolute Gasteiger partial charge is 0.393 e. The summed E-state index contributed by atoms with van der Waals surface area (Å²) in [5.74, 6) is -0.0438. The Hall–Kier alpha value is -1.15. The fourth-order valence-electron chi connectivity index (χ4n) is 2.66. The standard InChI is InChI=1S/C13H16ClN3O3S/c1-9(18)10-5-7-16(8-10)21(19,20)13-12(14)15-11-4-2-3-6-17(11)13/h2-4,6,9-10,18H,5,7-8H2,1H3. The summed E-state index contributed by atoms with van der Waals surface area (Å²) < 4.78 is 28.4. The van der Waals surface area contributed by atoms with Crippen molar-refractivity contribution in [2.24, 2.45) is 5.92 Å². The molecule has 0 radical (unpaired) electrons. The summed E-state index contributed by atoms with van der Waals surface area (Å²) >= 11 is 6.04. The topological polar surface area (TPSA) is 74.9 Å². The molecule has 0 saturated carbocycles. The Morgan fingerprint density at radius 1 is 1.48 bits per heavy atom. The number of aliphatic hydroxyl groups is 1. The molecular formula is C13H16ClN3O3S. The van der Waals surface area contributed by atoms with Gasteiger partial charge in [-0.15, -0.1) is 0 Å². The van der Waals surface area contributed by atoms with Crippen molar-refractivity contribution in [2.45, 2.75) is 24.5 Å². The number of hydrogen-bond donors (Lipinski definition) is 1. The average molecular weight is 330 g/mol. The number of aromatic nitrogens is 2. The first-order valence-corrected chi connectivity index (χ1v) is 8.54. The lowest BCUT2D eigenvalue weighted by atomic mass is 10.0. The van der Waals surface area contributed by atoms with E-state index >= 15 is 0 Å². The van der Waals surface area contributed by atoms with Gasteiger partial charge in [0.2, 0.25) is 0 Å². The lowest BCUT2D eigenvalue weighted by Crippen LogP contribution is -2.31. The third kappa shape index (κ3) is 2.44. The summed E-state index contributed by atoms with van der Waals surface area (Å²) in [6, 6.07) is 5.20. The Balaban J connectivity index is 2.04. The van der Waals surface area contributed by atoms with Crippen LogP contribution in [0.2, 0.25) is 5.15 Å². The normalized spacial score (nSPS) is 22.0. The van der Waals surface area contributed by atoms with E-state index in [1.54, 1.807) is 31.3 Å². The summed E-state index contributed by atoms with van der Waals surface area (Å²) in [6.45, 7) is 2.37. The summed E-state index contributed by atoms with van der Waals surface area (Å²) in [5.41, 5.74) is 0.493. The van der Waals surface area contributed by atoms with E-state index in [9.17, 15) is 13.5 Å². The van der Waals surface area contributed by atoms with Crippen LogP contribution < -0.4 is 0 Å². The van der Waals surface area contributed by atoms with Crippen molar-refractivity contribution in [3.05, 3.63) is 29.5 Å². The minimum atomic E-state index is -3.73. The number of fused-ring (bicyclic) bond motifs is 1. The zero-order valence-electron chi connectivity index (χ0n) is 11.5. The first kappa shape index (κ1) is 14.8. The Kier molecular flexibility index (Phi) is 3.69. The smallest absolute Gasteiger partial charge is 0.262 e. The van der Waals surface area contributed by atoms with Crippen LogP contribution in [-0.2, 0) is 10.0 Å². The minimum absolute atomic E-state index is 0.00832. The van der Waals surface area contributed by atoms with Crippen LogP contribution in [0.3, 0.4) is 0 Å². The number of halogens is 1. The van der Waals surface area contributed by atoms with Gasteiger partial charge in [-0.25, -0.2) is 13.4 Å². The number of hydrogen-bond acceptors (Lipinski definition) is 4. The van der Waals surface area contributed by atoms with Gasteiger partial charge in [-0.3, -0.25) is 4.40 Å². The van der Waals surface area contributed by atoms with Crippen LogP contribution in [0.5, 0.6) is 0 Å². The third-order valence-electron chi connectivity index (χ3n) is 3.90. The third-order valence-corrected chi connectivity index (χ3v) is 6.17. The molecule has 1 N–H and O–H groups in total. The van der Waals surface area contributed by atoms with Crippen LogP contribution in [0, 0.1) is 5.92 Å². The van der Waals surface area contributed by atoms with Gasteiger partial charge in [0, 0.05) is 19.3 Å². The van der Waals surface area contributed by atoms with Gasteiger partial charge in [0.25, 0.3) is 10.0 Å². The molecule has 1 saturated heterocycles. The van der Waals surface area contributed by atoms with Crippen molar-refractivity contribution in [1.29, 1.82) is 0 Å². The van der Waals surface area contributed by atoms with Crippen molar-refractivity contribution < 1.29 is 13.5 Å². The molecule has 3 heterocycles. The molecule has 2 aromatic rings. The van der Waals surface area contributed by atoms with E-state index in [1.807, 2.05) is 0 Å². The molecule has 2 atom stereocenters. The SMILES string of the molecule is CC(O)C1CCN(S(=O)(=O)c2c(Cl)nc3ccccn23)C1. The monoisotopic (exact) mass is 329 g/mol. The van der Waals surface area contributed by atoms with Crippen LogP contribution in [0.15, 0.2) is 29.4 Å². The van der Waals surface area contributed by atoms with Gasteiger partial charge in [0.05, 0.1) is 6.10 Å². The second-order valence-electron chi connectivity index (χ2n) is 5.29.